The standard InChI is InChI=1S/C8H14F3NO/c9-8(10,11)5-13-7-3-1-2-6(12)4-7/h6-7H,1-5,12H2/t6-,7-/m1/s1. The largest absolute Gasteiger partial charge is 0.411 e. The lowest BCUT2D eigenvalue weighted by atomic mass is 9.94. The molecular weight excluding hydrogens is 183 g/mol. The summed E-state index contributed by atoms with van der Waals surface area (Å²) >= 11 is 0. The van der Waals surface area contributed by atoms with Gasteiger partial charge in [0, 0.05) is 6.04 Å². The molecule has 0 aliphatic heterocycles. The van der Waals surface area contributed by atoms with Gasteiger partial charge in [-0.1, -0.05) is 0 Å². The lowest BCUT2D eigenvalue weighted by Crippen LogP contribution is -2.34. The van der Waals surface area contributed by atoms with Gasteiger partial charge in [0.2, 0.25) is 0 Å². The first-order valence-electron chi connectivity index (χ1n) is 4.41. The van der Waals surface area contributed by atoms with Crippen molar-refractivity contribution >= 4 is 0 Å². The highest BCUT2D eigenvalue weighted by Gasteiger charge is 2.30. The van der Waals surface area contributed by atoms with E-state index in [1.807, 2.05) is 0 Å². The molecule has 1 saturated carbocycles. The van der Waals surface area contributed by atoms with Crippen LogP contribution in [-0.4, -0.2) is 24.9 Å². The molecule has 0 radical (unpaired) electrons. The maximum absolute atomic E-state index is 11.8. The van der Waals surface area contributed by atoms with Crippen molar-refractivity contribution < 1.29 is 17.9 Å². The van der Waals surface area contributed by atoms with Crippen LogP contribution in [-0.2, 0) is 4.74 Å². The third-order valence-corrected chi connectivity index (χ3v) is 2.15. The first-order valence-corrected chi connectivity index (χ1v) is 4.41. The highest BCUT2D eigenvalue weighted by Crippen LogP contribution is 2.22. The van der Waals surface area contributed by atoms with Crippen LogP contribution in [0.1, 0.15) is 25.7 Å². The number of nitrogens with two attached hydrogens (primary N) is 1. The predicted octanol–water partition coefficient (Wildman–Crippen LogP) is 1.84. The van der Waals surface area contributed by atoms with Gasteiger partial charge in [-0.15, -0.1) is 0 Å². The highest BCUT2D eigenvalue weighted by molar-refractivity contribution is 4.75. The van der Waals surface area contributed by atoms with Crippen molar-refractivity contribution in [1.82, 2.24) is 0 Å². The zero-order valence-corrected chi connectivity index (χ0v) is 7.31. The second-order valence-electron chi connectivity index (χ2n) is 3.47. The van der Waals surface area contributed by atoms with Crippen molar-refractivity contribution in [2.24, 2.45) is 5.73 Å². The van der Waals surface area contributed by atoms with Crippen LogP contribution < -0.4 is 5.73 Å². The molecule has 2 nitrogen and oxygen atoms in total. The zero-order chi connectivity index (χ0) is 9.90. The molecule has 1 aliphatic carbocycles. The summed E-state index contributed by atoms with van der Waals surface area (Å²) in [6.07, 6.45) is -1.51. The Morgan fingerprint density at radius 2 is 2.00 bits per heavy atom. The molecule has 0 spiro atoms. The fourth-order valence-corrected chi connectivity index (χ4v) is 1.54. The summed E-state index contributed by atoms with van der Waals surface area (Å²) in [6.45, 7) is -1.15. The Morgan fingerprint density at radius 1 is 1.31 bits per heavy atom. The van der Waals surface area contributed by atoms with Crippen LogP contribution in [0.3, 0.4) is 0 Å². The minimum Gasteiger partial charge on any atom is -0.369 e. The summed E-state index contributed by atoms with van der Waals surface area (Å²) in [5.74, 6) is 0. The van der Waals surface area contributed by atoms with Gasteiger partial charge in [0.15, 0.2) is 0 Å². The number of alkyl halides is 3. The van der Waals surface area contributed by atoms with Crippen LogP contribution in [0.25, 0.3) is 0 Å². The molecule has 0 bridgehead atoms. The van der Waals surface area contributed by atoms with E-state index in [-0.39, 0.29) is 12.1 Å². The Labute approximate surface area is 75.2 Å². The topological polar surface area (TPSA) is 35.2 Å². The molecule has 1 fully saturated rings. The molecule has 5 heteroatoms. The van der Waals surface area contributed by atoms with Crippen molar-refractivity contribution in [1.29, 1.82) is 0 Å². The monoisotopic (exact) mass is 197 g/mol. The Hall–Kier alpha value is -0.290. The zero-order valence-electron chi connectivity index (χ0n) is 7.31. The average molecular weight is 197 g/mol. The Bertz CT molecular complexity index is 160. The SMILES string of the molecule is N[C@@H]1CCC[C@@H](OCC(F)(F)F)C1. The van der Waals surface area contributed by atoms with Crippen LogP contribution in [0.4, 0.5) is 13.2 Å². The number of hydrogen-bond donors (Lipinski definition) is 1. The third kappa shape index (κ3) is 4.47. The van der Waals surface area contributed by atoms with Crippen LogP contribution in [0.2, 0.25) is 0 Å². The van der Waals surface area contributed by atoms with Crippen molar-refractivity contribution in [2.75, 3.05) is 6.61 Å². The van der Waals surface area contributed by atoms with Crippen LogP contribution in [0.15, 0.2) is 0 Å². The molecule has 0 heterocycles. The smallest absolute Gasteiger partial charge is 0.369 e. The molecule has 1 aliphatic rings. The maximum atomic E-state index is 11.8. The molecular formula is C8H14F3NO. The fraction of sp³-hybridized carbons (Fsp3) is 1.00. The minimum atomic E-state index is -4.22. The summed E-state index contributed by atoms with van der Waals surface area (Å²) in [4.78, 5) is 0. The van der Waals surface area contributed by atoms with E-state index in [0.29, 0.717) is 12.8 Å². The number of rotatable bonds is 2. The van der Waals surface area contributed by atoms with Gasteiger partial charge in [-0.25, -0.2) is 0 Å². The summed E-state index contributed by atoms with van der Waals surface area (Å²) in [6, 6.07) is 0.00647. The van der Waals surface area contributed by atoms with Gasteiger partial charge < -0.3 is 10.5 Å². The van der Waals surface area contributed by atoms with E-state index < -0.39 is 12.8 Å². The van der Waals surface area contributed by atoms with E-state index in [1.54, 1.807) is 0 Å². The Morgan fingerprint density at radius 3 is 2.54 bits per heavy atom. The lowest BCUT2D eigenvalue weighted by Gasteiger charge is -2.26. The fourth-order valence-electron chi connectivity index (χ4n) is 1.54. The first kappa shape index (κ1) is 10.8. The normalized spacial score (nSPS) is 30.5. The molecule has 78 valence electrons. The van der Waals surface area contributed by atoms with Gasteiger partial charge in [0.25, 0.3) is 0 Å². The minimum absolute atomic E-state index is 0.00647. The molecule has 0 aromatic heterocycles. The second-order valence-corrected chi connectivity index (χ2v) is 3.47. The van der Waals surface area contributed by atoms with Gasteiger partial charge in [-0.05, 0) is 25.7 Å². The van der Waals surface area contributed by atoms with E-state index in [2.05, 4.69) is 0 Å². The van der Waals surface area contributed by atoms with E-state index in [0.717, 1.165) is 12.8 Å². The second kappa shape index (κ2) is 4.28. The van der Waals surface area contributed by atoms with E-state index in [4.69, 9.17) is 10.5 Å². The van der Waals surface area contributed by atoms with Crippen molar-refractivity contribution in [3.05, 3.63) is 0 Å². The Kier molecular flexibility index (Phi) is 3.55. The number of ether oxygens (including phenoxy) is 1. The molecule has 0 aromatic rings. The number of hydrogen-bond acceptors (Lipinski definition) is 2. The highest BCUT2D eigenvalue weighted by atomic mass is 19.4. The van der Waals surface area contributed by atoms with E-state index >= 15 is 0 Å². The van der Waals surface area contributed by atoms with Gasteiger partial charge in [-0.3, -0.25) is 0 Å². The summed E-state index contributed by atoms with van der Waals surface area (Å²) < 4.78 is 40.0. The van der Waals surface area contributed by atoms with Crippen molar-refractivity contribution in [3.8, 4) is 0 Å². The summed E-state index contributed by atoms with van der Waals surface area (Å²) in [7, 11) is 0. The molecule has 2 atom stereocenters. The maximum Gasteiger partial charge on any atom is 0.411 e. The quantitative estimate of drug-likeness (QED) is 0.733. The van der Waals surface area contributed by atoms with E-state index in [1.165, 1.54) is 0 Å². The molecule has 0 saturated heterocycles. The number of halogens is 3. The molecule has 2 N–H and O–H groups in total. The first-order chi connectivity index (χ1) is 5.97. The van der Waals surface area contributed by atoms with Gasteiger partial charge in [0.1, 0.15) is 6.61 Å². The van der Waals surface area contributed by atoms with E-state index in [9.17, 15) is 13.2 Å². The molecule has 1 rings (SSSR count). The van der Waals surface area contributed by atoms with Crippen LogP contribution in [0.5, 0.6) is 0 Å². The average Bonchev–Trinajstić information content (AvgIpc) is 2.00. The molecule has 0 aromatic carbocycles. The summed E-state index contributed by atoms with van der Waals surface area (Å²) in [5, 5.41) is 0. The molecule has 0 amide bonds. The summed E-state index contributed by atoms with van der Waals surface area (Å²) in [5.41, 5.74) is 5.60. The van der Waals surface area contributed by atoms with Gasteiger partial charge in [0.05, 0.1) is 6.10 Å². The molecule has 13 heavy (non-hydrogen) atoms. The van der Waals surface area contributed by atoms with Gasteiger partial charge in [-0.2, -0.15) is 13.2 Å². The lowest BCUT2D eigenvalue weighted by molar-refractivity contribution is -0.188. The molecule has 0 unspecified atom stereocenters. The van der Waals surface area contributed by atoms with Crippen LogP contribution >= 0.6 is 0 Å². The van der Waals surface area contributed by atoms with Gasteiger partial charge >= 0.3 is 6.18 Å². The Balaban J connectivity index is 2.21. The van der Waals surface area contributed by atoms with Crippen LogP contribution in [0, 0.1) is 0 Å². The van der Waals surface area contributed by atoms with Crippen molar-refractivity contribution in [3.63, 3.8) is 0 Å². The predicted molar refractivity (Wildman–Crippen MR) is 42.2 cm³/mol. The van der Waals surface area contributed by atoms with Crippen molar-refractivity contribution in [2.45, 2.75) is 44.0 Å². The third-order valence-electron chi connectivity index (χ3n) is 2.15.